The highest BCUT2D eigenvalue weighted by Gasteiger charge is 2.25. The number of Topliss-reactive ketones (excluding diaryl/α,β-unsaturated/α-hetero) is 2. The lowest BCUT2D eigenvalue weighted by Gasteiger charge is -2.21. The SMILES string of the molecule is O=C(O)CCOCC(COCCC(=O)O)CC(=O)CCOCC(COCCC(=O)NC(COCCC(=O)O)COCCC(=O)O)NC(=O)CCOCC(COCCC(=O)NC(COCCC(=O)NC(COCCC(=O)O)COCCC(=O)O)COCCC(=O)NC(COCCC(=O)O)COCCC(=O)O)CC(=O)CCCNC(=O)OCc1c2ccccc2cc2ccccc12. The second-order valence-corrected chi connectivity index (χ2v) is 29.6. The summed E-state index contributed by atoms with van der Waals surface area (Å²) in [4.78, 5) is 196. The first-order chi connectivity index (χ1) is 62.4. The number of fused-ring (bicyclic) bond motifs is 2. The van der Waals surface area contributed by atoms with Crippen molar-refractivity contribution in [2.24, 2.45) is 11.8 Å². The Labute approximate surface area is 750 Å². The van der Waals surface area contributed by atoms with Crippen LogP contribution in [0.4, 0.5) is 4.79 Å². The van der Waals surface area contributed by atoms with Gasteiger partial charge >= 0.3 is 53.8 Å². The summed E-state index contributed by atoms with van der Waals surface area (Å²) < 4.78 is 84.2. The van der Waals surface area contributed by atoms with E-state index in [1.807, 2.05) is 54.6 Å². The number of carbonyl (C=O) groups excluding carboxylic acids is 8. The molecule has 14 N–H and O–H groups in total. The van der Waals surface area contributed by atoms with Crippen molar-refractivity contribution in [1.29, 1.82) is 0 Å². The predicted molar refractivity (Wildman–Crippen MR) is 452 cm³/mol. The van der Waals surface area contributed by atoms with E-state index in [9.17, 15) is 76.7 Å². The maximum Gasteiger partial charge on any atom is 0.407 e. The van der Waals surface area contributed by atoms with Crippen LogP contribution in [0.1, 0.15) is 121 Å². The summed E-state index contributed by atoms with van der Waals surface area (Å²) >= 11 is 0. The Morgan fingerprint density at radius 3 is 0.723 bits per heavy atom. The van der Waals surface area contributed by atoms with Crippen LogP contribution in [-0.4, -0.2) is 358 Å². The zero-order valence-electron chi connectivity index (χ0n) is 72.9. The number of ether oxygens (including phenoxy) is 15. The van der Waals surface area contributed by atoms with Gasteiger partial charge in [0.25, 0.3) is 0 Å². The van der Waals surface area contributed by atoms with E-state index in [4.69, 9.17) is 112 Å². The van der Waals surface area contributed by atoms with Crippen LogP contribution in [-0.2, 0) is 150 Å². The Morgan fingerprint density at radius 1 is 0.262 bits per heavy atom. The van der Waals surface area contributed by atoms with Crippen molar-refractivity contribution in [2.75, 3.05) is 192 Å². The Bertz CT molecular complexity index is 3460. The monoisotopic (exact) mass is 1850 g/mol. The third kappa shape index (κ3) is 61.0. The van der Waals surface area contributed by atoms with Crippen LogP contribution in [0.3, 0.4) is 0 Å². The first-order valence-corrected chi connectivity index (χ1v) is 42.6. The lowest BCUT2D eigenvalue weighted by Crippen LogP contribution is -2.44. The maximum absolute atomic E-state index is 13.8. The molecule has 0 fully saturated rings. The number of aliphatic carboxylic acids is 8. The van der Waals surface area contributed by atoms with E-state index < -0.39 is 125 Å². The molecule has 6 amide bonds. The predicted octanol–water partition coefficient (Wildman–Crippen LogP) is 1.94. The van der Waals surface area contributed by atoms with E-state index in [0.717, 1.165) is 27.1 Å². The first kappa shape index (κ1) is 114. The molecule has 730 valence electrons. The standard InChI is InChI=1S/C85H126N6O39/c92-67(8-5-25-86-85(115)130-57-71-69-9-3-1-6-60(69)42-61-7-2-4-10-70(61)71)40-58(43-116-27-12-72(94)87-62(47-120-26-11-68(93)41-59(45-118-32-17-77(99)100)46-119-33-18-78(101)102)48-121-29-14-74(96)89-64(51-124-34-19-79(103)104)52-125-35-20-80(105)106)44-117-28-13-73(95)88-63(49-122-30-15-75(97)90-65(53-126-36-21-81(107)108)54-127-37-22-82(109)110)50-123-31-16-76(98)91-66(55-128-38-23-83(111)112)56-129-39-24-84(113)114/h1-4,6-7,9-10,42,58-59,62-66H,5,8,11-41,43-57H2,(H,86,115)(H,87,94)(H,88,95)(H,89,96)(H,90,97)(H,91,98)(H,99,100)(H,101,102)(H,103,104)(H,105,106)(H,107,108)(H,109,110)(H,111,112)(H,113,114). The van der Waals surface area contributed by atoms with E-state index in [1.54, 1.807) is 0 Å². The molecule has 0 saturated heterocycles. The van der Waals surface area contributed by atoms with Crippen molar-refractivity contribution in [1.82, 2.24) is 31.9 Å². The van der Waals surface area contributed by atoms with Crippen molar-refractivity contribution in [3.05, 3.63) is 60.2 Å². The fourth-order valence-electron chi connectivity index (χ4n) is 11.8. The average Bonchev–Trinajstić information content (AvgIpc) is 0.777. The topological polar surface area (TPSA) is 646 Å². The van der Waals surface area contributed by atoms with Crippen molar-refractivity contribution >= 4 is 116 Å². The van der Waals surface area contributed by atoms with Crippen molar-refractivity contribution in [2.45, 2.75) is 152 Å². The number of carboxylic acid groups (broad SMARTS) is 8. The Balaban J connectivity index is 1.81. The molecule has 45 nitrogen and oxygen atoms in total. The highest BCUT2D eigenvalue weighted by atomic mass is 16.6. The highest BCUT2D eigenvalue weighted by Crippen LogP contribution is 2.29. The van der Waals surface area contributed by atoms with Crippen LogP contribution in [0.15, 0.2) is 54.6 Å². The number of carboxylic acids is 8. The van der Waals surface area contributed by atoms with Gasteiger partial charge in [-0.2, -0.15) is 0 Å². The van der Waals surface area contributed by atoms with Crippen molar-refractivity contribution in [3.63, 3.8) is 0 Å². The zero-order chi connectivity index (χ0) is 95.3. The fraction of sp³-hybridized carbons (Fsp3) is 0.647. The molecule has 2 atom stereocenters. The van der Waals surface area contributed by atoms with Crippen molar-refractivity contribution < 1.29 is 189 Å². The van der Waals surface area contributed by atoms with Gasteiger partial charge in [0.05, 0.1) is 267 Å². The van der Waals surface area contributed by atoms with Gasteiger partial charge in [0.15, 0.2) is 0 Å². The first-order valence-electron chi connectivity index (χ1n) is 42.6. The van der Waals surface area contributed by atoms with E-state index in [2.05, 4.69) is 31.9 Å². The van der Waals surface area contributed by atoms with Crippen LogP contribution < -0.4 is 31.9 Å². The number of ketones is 2. The van der Waals surface area contributed by atoms with E-state index in [-0.39, 0.29) is 325 Å². The third-order valence-corrected chi connectivity index (χ3v) is 18.2. The molecule has 0 saturated carbocycles. The quantitative estimate of drug-likeness (QED) is 0.0284. The lowest BCUT2D eigenvalue weighted by atomic mass is 9.97. The molecule has 0 aromatic heterocycles. The van der Waals surface area contributed by atoms with Gasteiger partial charge in [0.2, 0.25) is 29.5 Å². The number of carbonyl (C=O) groups is 16. The van der Waals surface area contributed by atoms with Gasteiger partial charge in [-0.1, -0.05) is 48.5 Å². The third-order valence-electron chi connectivity index (χ3n) is 18.2. The summed E-state index contributed by atoms with van der Waals surface area (Å²) in [5.74, 6) is -13.8. The number of hydrogen-bond acceptors (Lipinski definition) is 31. The molecule has 0 aliphatic carbocycles. The molecule has 0 aliphatic rings. The normalized spacial score (nSPS) is 11.9. The summed E-state index contributed by atoms with van der Waals surface area (Å²) in [5, 5.41) is 92.3. The Kier molecular flexibility index (Phi) is 62.1. The number of amides is 6. The van der Waals surface area contributed by atoms with Crippen LogP contribution >= 0.6 is 0 Å². The summed E-state index contributed by atoms with van der Waals surface area (Å²) in [7, 11) is 0. The van der Waals surface area contributed by atoms with Gasteiger partial charge in [-0.25, -0.2) is 4.79 Å². The van der Waals surface area contributed by atoms with Crippen LogP contribution in [0.5, 0.6) is 0 Å². The van der Waals surface area contributed by atoms with Crippen LogP contribution in [0.25, 0.3) is 21.5 Å². The molecule has 0 aliphatic heterocycles. The number of hydrogen-bond donors (Lipinski definition) is 14. The smallest absolute Gasteiger partial charge is 0.407 e. The summed E-state index contributed by atoms with van der Waals surface area (Å²) in [6.07, 6.45) is -4.94. The molecular formula is C85H126N6O39. The number of nitrogens with one attached hydrogen (secondary N) is 6. The van der Waals surface area contributed by atoms with Crippen LogP contribution in [0, 0.1) is 11.8 Å². The molecule has 3 aromatic rings. The van der Waals surface area contributed by atoms with E-state index >= 15 is 0 Å². The number of alkyl carbamates (subject to hydrolysis) is 1. The van der Waals surface area contributed by atoms with Gasteiger partial charge in [-0.15, -0.1) is 0 Å². The second kappa shape index (κ2) is 71.1. The minimum absolute atomic E-state index is 0.0258. The minimum atomic E-state index is -1.13. The summed E-state index contributed by atoms with van der Waals surface area (Å²) in [5.41, 5.74) is 0.810. The minimum Gasteiger partial charge on any atom is -0.481 e. The molecule has 3 rings (SSSR count). The van der Waals surface area contributed by atoms with Gasteiger partial charge in [0.1, 0.15) is 18.2 Å². The van der Waals surface area contributed by atoms with Gasteiger partial charge < -0.3 is 144 Å². The van der Waals surface area contributed by atoms with E-state index in [1.165, 1.54) is 0 Å². The molecule has 3 aromatic carbocycles. The average molecular weight is 1860 g/mol. The highest BCUT2D eigenvalue weighted by molar-refractivity contribution is 6.02. The fourth-order valence-corrected chi connectivity index (χ4v) is 11.8. The summed E-state index contributed by atoms with van der Waals surface area (Å²) in [6.45, 7) is -5.46. The van der Waals surface area contributed by atoms with Gasteiger partial charge in [-0.3, -0.25) is 71.9 Å². The Morgan fingerprint density at radius 2 is 0.477 bits per heavy atom. The Hall–Kier alpha value is -10.7. The lowest BCUT2D eigenvalue weighted by molar-refractivity contribution is -0.140. The van der Waals surface area contributed by atoms with E-state index in [0.29, 0.717) is 0 Å². The molecular weight excluding hydrogens is 1730 g/mol. The van der Waals surface area contributed by atoms with Crippen molar-refractivity contribution in [3.8, 4) is 0 Å². The number of rotatable bonds is 85. The molecule has 130 heavy (non-hydrogen) atoms. The second-order valence-electron chi connectivity index (χ2n) is 29.6. The molecule has 2 unspecified atom stereocenters. The number of benzene rings is 3. The van der Waals surface area contributed by atoms with Gasteiger partial charge in [-0.05, 0) is 34.0 Å². The molecule has 0 bridgehead atoms. The molecule has 45 heteroatoms. The largest absolute Gasteiger partial charge is 0.481 e. The molecule has 0 radical (unpaired) electrons. The molecule has 0 heterocycles. The van der Waals surface area contributed by atoms with Gasteiger partial charge in [0, 0.05) is 81.7 Å². The molecule has 0 spiro atoms. The maximum atomic E-state index is 13.8. The zero-order valence-corrected chi connectivity index (χ0v) is 72.9. The van der Waals surface area contributed by atoms with Crippen LogP contribution in [0.2, 0.25) is 0 Å². The summed E-state index contributed by atoms with van der Waals surface area (Å²) in [6, 6.07) is 13.1.